The Bertz CT molecular complexity index is 2270. The number of hydrogen-bond acceptors (Lipinski definition) is 3. The zero-order chi connectivity index (χ0) is 33.5. The number of rotatable bonds is 9. The molecule has 0 aliphatic rings. The predicted molar refractivity (Wildman–Crippen MR) is 197 cm³/mol. The number of aryl methyl sites for hydroxylation is 4. The standard InChI is InChI=1S/C43H42N4O.Pd/c1-8-9-16-38-42(41-30(6)22-29(5)23-31(41)7)43(27(2)3)45-47(38)32-13-12-14-33(25-32)48-34-18-19-36-35-15-10-11-17-37(35)46(39(36)26-34)40-24-28(4)20-21-44-40;/h10-15,17-24,27H,8-9,16H2,1-7H3;/q-2;+2. The Hall–Kier alpha value is -4.50. The van der Waals surface area contributed by atoms with Crippen LogP contribution in [0, 0.1) is 39.8 Å². The molecule has 6 heteroatoms. The monoisotopic (exact) mass is 736 g/mol. The number of aromatic nitrogens is 4. The summed E-state index contributed by atoms with van der Waals surface area (Å²) >= 11 is 0. The van der Waals surface area contributed by atoms with E-state index >= 15 is 0 Å². The Balaban J connectivity index is 0.00000417. The molecule has 250 valence electrons. The largest absolute Gasteiger partial charge is 2.00 e. The number of para-hydroxylation sites is 1. The molecule has 0 saturated heterocycles. The van der Waals surface area contributed by atoms with Crippen LogP contribution in [0.3, 0.4) is 0 Å². The Morgan fingerprint density at radius 2 is 1.53 bits per heavy atom. The van der Waals surface area contributed by atoms with Crippen molar-refractivity contribution in [1.82, 2.24) is 19.3 Å². The molecular formula is C43H42N4OPd. The fourth-order valence-electron chi connectivity index (χ4n) is 7.05. The average molecular weight is 737 g/mol. The van der Waals surface area contributed by atoms with E-state index in [0.29, 0.717) is 11.5 Å². The molecule has 5 nitrogen and oxygen atoms in total. The third kappa shape index (κ3) is 6.48. The third-order valence-corrected chi connectivity index (χ3v) is 9.14. The molecule has 0 aliphatic heterocycles. The second-order valence-corrected chi connectivity index (χ2v) is 13.3. The van der Waals surface area contributed by atoms with Crippen molar-refractivity contribution < 1.29 is 25.2 Å². The summed E-state index contributed by atoms with van der Waals surface area (Å²) in [6.07, 6.45) is 4.97. The molecule has 4 aromatic carbocycles. The Morgan fingerprint density at radius 1 is 0.776 bits per heavy atom. The van der Waals surface area contributed by atoms with Crippen molar-refractivity contribution in [2.45, 2.75) is 73.6 Å². The first kappa shape index (κ1) is 34.4. The first-order valence-corrected chi connectivity index (χ1v) is 17.0. The molecule has 0 unspecified atom stereocenters. The zero-order valence-electron chi connectivity index (χ0n) is 29.3. The van der Waals surface area contributed by atoms with Gasteiger partial charge in [0, 0.05) is 34.5 Å². The smallest absolute Gasteiger partial charge is 0.509 e. The van der Waals surface area contributed by atoms with E-state index in [-0.39, 0.29) is 26.3 Å². The van der Waals surface area contributed by atoms with Gasteiger partial charge in [-0.1, -0.05) is 68.6 Å². The second kappa shape index (κ2) is 14.2. The fraction of sp³-hybridized carbons (Fsp3) is 0.256. The fourth-order valence-corrected chi connectivity index (χ4v) is 7.05. The van der Waals surface area contributed by atoms with Gasteiger partial charge in [-0.05, 0) is 98.0 Å². The number of hydrogen-bond donors (Lipinski definition) is 0. The molecule has 0 saturated carbocycles. The van der Waals surface area contributed by atoms with Gasteiger partial charge in [0.05, 0.1) is 5.69 Å². The van der Waals surface area contributed by atoms with Gasteiger partial charge in [0.1, 0.15) is 5.82 Å². The Morgan fingerprint density at radius 3 is 2.27 bits per heavy atom. The van der Waals surface area contributed by atoms with Crippen LogP contribution in [0.1, 0.15) is 73.2 Å². The van der Waals surface area contributed by atoms with Gasteiger partial charge in [0.25, 0.3) is 0 Å². The number of benzene rings is 4. The van der Waals surface area contributed by atoms with Crippen molar-refractivity contribution in [1.29, 1.82) is 0 Å². The average Bonchev–Trinajstić information content (AvgIpc) is 3.59. The van der Waals surface area contributed by atoms with Crippen LogP contribution in [-0.4, -0.2) is 19.3 Å². The topological polar surface area (TPSA) is 44.9 Å². The van der Waals surface area contributed by atoms with Gasteiger partial charge in [0.2, 0.25) is 0 Å². The maximum atomic E-state index is 6.51. The zero-order valence-corrected chi connectivity index (χ0v) is 30.8. The minimum Gasteiger partial charge on any atom is -0.509 e. The summed E-state index contributed by atoms with van der Waals surface area (Å²) < 4.78 is 10.8. The maximum absolute atomic E-state index is 6.51. The van der Waals surface area contributed by atoms with Crippen molar-refractivity contribution in [3.8, 4) is 34.1 Å². The van der Waals surface area contributed by atoms with E-state index in [1.165, 1.54) is 33.5 Å². The van der Waals surface area contributed by atoms with Gasteiger partial charge >= 0.3 is 20.4 Å². The van der Waals surface area contributed by atoms with E-state index in [9.17, 15) is 0 Å². The van der Waals surface area contributed by atoms with Crippen LogP contribution in [-0.2, 0) is 26.8 Å². The molecule has 0 N–H and O–H groups in total. The summed E-state index contributed by atoms with van der Waals surface area (Å²) in [5, 5.41) is 7.55. The number of nitrogens with zero attached hydrogens (tertiary/aromatic N) is 4. The molecule has 0 aliphatic carbocycles. The first-order valence-electron chi connectivity index (χ1n) is 17.0. The van der Waals surface area contributed by atoms with E-state index in [1.807, 2.05) is 30.5 Å². The first-order chi connectivity index (χ1) is 23.2. The van der Waals surface area contributed by atoms with Crippen LogP contribution in [0.2, 0.25) is 0 Å². The Labute approximate surface area is 303 Å². The van der Waals surface area contributed by atoms with Crippen LogP contribution in [0.4, 0.5) is 0 Å². The van der Waals surface area contributed by atoms with Crippen LogP contribution < -0.4 is 4.74 Å². The molecule has 0 amide bonds. The SMILES string of the molecule is CCCCc1c(-c2c(C)cc(C)cc2C)c(C(C)C)nn1-c1[c-]c(Oc2[c-]c3c(cc2)c2ccccc2n3-c2cc(C)ccn2)ccc1.[Pd+2]. The summed E-state index contributed by atoms with van der Waals surface area (Å²) in [7, 11) is 0. The van der Waals surface area contributed by atoms with Gasteiger partial charge in [-0.3, -0.25) is 4.68 Å². The van der Waals surface area contributed by atoms with Crippen molar-refractivity contribution in [3.05, 3.63) is 131 Å². The molecular weight excluding hydrogens is 695 g/mol. The summed E-state index contributed by atoms with van der Waals surface area (Å²) in [4.78, 5) is 4.72. The quantitative estimate of drug-likeness (QED) is 0.109. The molecule has 0 radical (unpaired) electrons. The maximum Gasteiger partial charge on any atom is 2.00 e. The second-order valence-electron chi connectivity index (χ2n) is 13.3. The van der Waals surface area contributed by atoms with Crippen LogP contribution >= 0.6 is 0 Å². The molecule has 0 bridgehead atoms. The minimum absolute atomic E-state index is 0. The summed E-state index contributed by atoms with van der Waals surface area (Å²) in [6.45, 7) is 15.4. The number of fused-ring (bicyclic) bond motifs is 3. The van der Waals surface area contributed by atoms with Gasteiger partial charge in [-0.25, -0.2) is 4.98 Å². The van der Waals surface area contributed by atoms with Crippen molar-refractivity contribution >= 4 is 21.8 Å². The Kier molecular flexibility index (Phi) is 9.93. The van der Waals surface area contributed by atoms with Gasteiger partial charge in [-0.2, -0.15) is 17.2 Å². The summed E-state index contributed by atoms with van der Waals surface area (Å²) in [5.74, 6) is 2.36. The summed E-state index contributed by atoms with van der Waals surface area (Å²) in [6, 6.07) is 34.4. The normalized spacial score (nSPS) is 11.4. The van der Waals surface area contributed by atoms with Gasteiger partial charge in [0.15, 0.2) is 0 Å². The molecule has 7 rings (SSSR count). The minimum atomic E-state index is 0. The number of ether oxygens (including phenoxy) is 1. The molecule has 7 aromatic rings. The number of unbranched alkanes of at least 4 members (excludes halogenated alkanes) is 1. The van der Waals surface area contributed by atoms with Crippen LogP contribution in [0.5, 0.6) is 11.5 Å². The number of pyridine rings is 1. The molecule has 3 aromatic heterocycles. The molecule has 0 atom stereocenters. The molecule has 0 spiro atoms. The van der Waals surface area contributed by atoms with Crippen molar-refractivity contribution in [2.24, 2.45) is 0 Å². The van der Waals surface area contributed by atoms with Crippen LogP contribution in [0.25, 0.3) is 44.4 Å². The van der Waals surface area contributed by atoms with E-state index < -0.39 is 0 Å². The van der Waals surface area contributed by atoms with Gasteiger partial charge in [-0.15, -0.1) is 35.7 Å². The summed E-state index contributed by atoms with van der Waals surface area (Å²) in [5.41, 5.74) is 12.8. The van der Waals surface area contributed by atoms with E-state index in [1.54, 1.807) is 0 Å². The van der Waals surface area contributed by atoms with Gasteiger partial charge < -0.3 is 9.30 Å². The molecule has 49 heavy (non-hydrogen) atoms. The van der Waals surface area contributed by atoms with Crippen LogP contribution in [0.15, 0.2) is 85.1 Å². The van der Waals surface area contributed by atoms with E-state index in [2.05, 4.69) is 124 Å². The molecule has 3 heterocycles. The van der Waals surface area contributed by atoms with Crippen molar-refractivity contribution in [3.63, 3.8) is 0 Å². The van der Waals surface area contributed by atoms with Crippen molar-refractivity contribution in [2.75, 3.05) is 0 Å². The predicted octanol–water partition coefficient (Wildman–Crippen LogP) is 11.1. The third-order valence-electron chi connectivity index (χ3n) is 9.14. The van der Waals surface area contributed by atoms with E-state index in [0.717, 1.165) is 63.8 Å². The molecule has 0 fully saturated rings. The van der Waals surface area contributed by atoms with E-state index in [4.69, 9.17) is 14.8 Å².